The lowest BCUT2D eigenvalue weighted by atomic mass is 9.99. The number of likely N-dealkylation sites (tertiary alicyclic amines) is 1. The molecule has 2 rings (SSSR count). The zero-order chi connectivity index (χ0) is 16.2. The monoisotopic (exact) mass is 326 g/mol. The Hall–Kier alpha value is -1.49. The third kappa shape index (κ3) is 5.05. The van der Waals surface area contributed by atoms with E-state index in [-0.39, 0.29) is 12.0 Å². The Morgan fingerprint density at radius 3 is 2.95 bits per heavy atom. The number of carbonyl (C=O) groups is 1. The number of hydrogen-bond acceptors (Lipinski definition) is 4. The Morgan fingerprint density at radius 2 is 2.27 bits per heavy atom. The Labute approximate surface area is 136 Å². The summed E-state index contributed by atoms with van der Waals surface area (Å²) in [7, 11) is 0. The van der Waals surface area contributed by atoms with E-state index < -0.39 is 5.60 Å². The van der Waals surface area contributed by atoms with Gasteiger partial charge in [-0.1, -0.05) is 11.6 Å². The second-order valence-electron chi connectivity index (χ2n) is 6.54. The van der Waals surface area contributed by atoms with Crippen molar-refractivity contribution < 1.29 is 14.3 Å². The molecule has 1 atom stereocenters. The normalized spacial score (nSPS) is 18.9. The molecule has 1 aromatic rings. The minimum atomic E-state index is -0.468. The molecular formula is C16H23ClN2O3. The van der Waals surface area contributed by atoms with Gasteiger partial charge in [0.2, 0.25) is 0 Å². The number of aromatic nitrogens is 1. The molecule has 1 saturated heterocycles. The number of halogens is 1. The van der Waals surface area contributed by atoms with Crippen LogP contribution in [0.2, 0.25) is 5.15 Å². The van der Waals surface area contributed by atoms with Gasteiger partial charge in [-0.15, -0.1) is 0 Å². The summed E-state index contributed by atoms with van der Waals surface area (Å²) in [5.74, 6) is 0.857. The molecular weight excluding hydrogens is 304 g/mol. The van der Waals surface area contributed by atoms with Crippen molar-refractivity contribution in [3.8, 4) is 5.75 Å². The van der Waals surface area contributed by atoms with Gasteiger partial charge in [0.1, 0.15) is 5.60 Å². The van der Waals surface area contributed by atoms with Crippen LogP contribution in [0, 0.1) is 5.92 Å². The quantitative estimate of drug-likeness (QED) is 0.794. The number of rotatable bonds is 3. The van der Waals surface area contributed by atoms with E-state index in [4.69, 9.17) is 21.1 Å². The molecule has 0 saturated carbocycles. The van der Waals surface area contributed by atoms with Crippen molar-refractivity contribution in [3.05, 3.63) is 23.5 Å². The summed E-state index contributed by atoms with van der Waals surface area (Å²) in [5, 5.41) is 0.363. The fraction of sp³-hybridized carbons (Fsp3) is 0.625. The molecule has 1 fully saturated rings. The van der Waals surface area contributed by atoms with Crippen molar-refractivity contribution in [2.24, 2.45) is 5.92 Å². The number of nitrogens with zero attached hydrogens (tertiary/aromatic N) is 2. The van der Waals surface area contributed by atoms with Crippen molar-refractivity contribution in [1.82, 2.24) is 9.88 Å². The highest BCUT2D eigenvalue weighted by atomic mass is 35.5. The number of piperidine rings is 1. The highest BCUT2D eigenvalue weighted by molar-refractivity contribution is 6.30. The smallest absolute Gasteiger partial charge is 0.410 e. The van der Waals surface area contributed by atoms with E-state index in [1.165, 1.54) is 0 Å². The fourth-order valence-corrected chi connectivity index (χ4v) is 2.55. The lowest BCUT2D eigenvalue weighted by molar-refractivity contribution is 0.0139. The van der Waals surface area contributed by atoms with Crippen LogP contribution in [0.3, 0.4) is 0 Å². The molecule has 0 aromatic carbocycles. The van der Waals surface area contributed by atoms with Gasteiger partial charge in [0.05, 0.1) is 6.61 Å². The zero-order valence-electron chi connectivity index (χ0n) is 13.3. The van der Waals surface area contributed by atoms with Gasteiger partial charge in [0.25, 0.3) is 0 Å². The first-order valence-corrected chi connectivity index (χ1v) is 7.94. The molecule has 6 heteroatoms. The van der Waals surface area contributed by atoms with Crippen molar-refractivity contribution in [3.63, 3.8) is 0 Å². The minimum Gasteiger partial charge on any atom is -0.490 e. The van der Waals surface area contributed by atoms with Crippen molar-refractivity contribution >= 4 is 17.7 Å². The van der Waals surface area contributed by atoms with E-state index in [0.717, 1.165) is 19.4 Å². The molecule has 1 unspecified atom stereocenters. The molecule has 1 aliphatic heterocycles. The van der Waals surface area contributed by atoms with Gasteiger partial charge in [-0.25, -0.2) is 9.78 Å². The van der Waals surface area contributed by atoms with Gasteiger partial charge in [-0.3, -0.25) is 0 Å². The molecule has 22 heavy (non-hydrogen) atoms. The van der Waals surface area contributed by atoms with E-state index in [9.17, 15) is 4.79 Å². The number of ether oxygens (including phenoxy) is 2. The molecule has 1 aliphatic rings. The van der Waals surface area contributed by atoms with Gasteiger partial charge in [-0.05, 0) is 45.7 Å². The fourth-order valence-electron chi connectivity index (χ4n) is 2.38. The summed E-state index contributed by atoms with van der Waals surface area (Å²) in [5.41, 5.74) is -0.468. The zero-order valence-corrected chi connectivity index (χ0v) is 14.1. The van der Waals surface area contributed by atoms with Crippen LogP contribution in [-0.4, -0.2) is 41.3 Å². The lowest BCUT2D eigenvalue weighted by Gasteiger charge is -2.34. The van der Waals surface area contributed by atoms with Gasteiger partial charge in [-0.2, -0.15) is 0 Å². The lowest BCUT2D eigenvalue weighted by Crippen LogP contribution is -2.44. The van der Waals surface area contributed by atoms with Crippen LogP contribution in [-0.2, 0) is 4.74 Å². The standard InChI is InChI=1S/C16H23ClN2O3/c1-16(2,3)22-15(20)19-9-5-6-12(10-19)11-21-13-7-4-8-18-14(13)17/h4,7-8,12H,5-6,9-11H2,1-3H3. The molecule has 2 heterocycles. The topological polar surface area (TPSA) is 51.7 Å². The molecule has 0 radical (unpaired) electrons. The minimum absolute atomic E-state index is 0.253. The maximum Gasteiger partial charge on any atom is 0.410 e. The maximum absolute atomic E-state index is 12.1. The largest absolute Gasteiger partial charge is 0.490 e. The summed E-state index contributed by atoms with van der Waals surface area (Å²) in [6.45, 7) is 7.52. The second-order valence-corrected chi connectivity index (χ2v) is 6.90. The van der Waals surface area contributed by atoms with Gasteiger partial charge in [0.15, 0.2) is 10.9 Å². The molecule has 0 bridgehead atoms. The van der Waals surface area contributed by atoms with E-state index >= 15 is 0 Å². The predicted octanol–water partition coefficient (Wildman–Crippen LogP) is 3.76. The van der Waals surface area contributed by atoms with Crippen molar-refractivity contribution in [1.29, 1.82) is 0 Å². The average molecular weight is 327 g/mol. The average Bonchev–Trinajstić information content (AvgIpc) is 2.45. The number of hydrogen-bond donors (Lipinski definition) is 0. The first-order valence-electron chi connectivity index (χ1n) is 7.56. The highest BCUT2D eigenvalue weighted by Gasteiger charge is 2.28. The number of carbonyl (C=O) groups excluding carboxylic acids is 1. The van der Waals surface area contributed by atoms with E-state index in [1.54, 1.807) is 23.2 Å². The number of pyridine rings is 1. The summed E-state index contributed by atoms with van der Waals surface area (Å²) >= 11 is 5.97. The van der Waals surface area contributed by atoms with E-state index in [2.05, 4.69) is 4.98 Å². The van der Waals surface area contributed by atoms with Crippen LogP contribution in [0.1, 0.15) is 33.6 Å². The third-order valence-electron chi connectivity index (χ3n) is 3.37. The highest BCUT2D eigenvalue weighted by Crippen LogP contribution is 2.24. The second kappa shape index (κ2) is 7.18. The first kappa shape index (κ1) is 16.9. The Kier molecular flexibility index (Phi) is 5.51. The predicted molar refractivity (Wildman–Crippen MR) is 85.3 cm³/mol. The van der Waals surface area contributed by atoms with Crippen LogP contribution in [0.25, 0.3) is 0 Å². The van der Waals surface area contributed by atoms with Crippen molar-refractivity contribution in [2.75, 3.05) is 19.7 Å². The third-order valence-corrected chi connectivity index (χ3v) is 3.65. The van der Waals surface area contributed by atoms with Crippen LogP contribution < -0.4 is 4.74 Å². The Morgan fingerprint density at radius 1 is 1.50 bits per heavy atom. The molecule has 0 aliphatic carbocycles. The molecule has 0 N–H and O–H groups in total. The molecule has 1 aromatic heterocycles. The summed E-state index contributed by atoms with van der Waals surface area (Å²) in [4.78, 5) is 17.9. The molecule has 5 nitrogen and oxygen atoms in total. The number of amides is 1. The van der Waals surface area contributed by atoms with Crippen LogP contribution >= 0.6 is 11.6 Å². The molecule has 122 valence electrons. The molecule has 0 spiro atoms. The van der Waals surface area contributed by atoms with Crippen molar-refractivity contribution in [2.45, 2.75) is 39.2 Å². The van der Waals surface area contributed by atoms with E-state index in [1.807, 2.05) is 20.8 Å². The van der Waals surface area contributed by atoms with Crippen LogP contribution in [0.5, 0.6) is 5.75 Å². The van der Waals surface area contributed by atoms with Gasteiger partial charge >= 0.3 is 6.09 Å². The van der Waals surface area contributed by atoms with Gasteiger partial charge < -0.3 is 14.4 Å². The van der Waals surface area contributed by atoms with E-state index in [0.29, 0.717) is 24.1 Å². The van der Waals surface area contributed by atoms with Gasteiger partial charge in [0, 0.05) is 25.2 Å². The van der Waals surface area contributed by atoms with Crippen LogP contribution in [0.4, 0.5) is 4.79 Å². The first-order chi connectivity index (χ1) is 10.3. The Bertz CT molecular complexity index is 516. The SMILES string of the molecule is CC(C)(C)OC(=O)N1CCCC(COc2cccnc2Cl)C1. The van der Waals surface area contributed by atoms with Crippen LogP contribution in [0.15, 0.2) is 18.3 Å². The summed E-state index contributed by atoms with van der Waals surface area (Å²) < 4.78 is 11.2. The summed E-state index contributed by atoms with van der Waals surface area (Å²) in [6, 6.07) is 3.58. The molecule has 1 amide bonds. The summed E-state index contributed by atoms with van der Waals surface area (Å²) in [6.07, 6.45) is 3.35. The Balaban J connectivity index is 1.86. The maximum atomic E-state index is 12.1.